The molecular formula is C10H10BrN5OS. The van der Waals surface area contributed by atoms with E-state index in [-0.39, 0.29) is 11.7 Å². The number of aromatic nitrogens is 4. The zero-order chi connectivity index (χ0) is 12.7. The van der Waals surface area contributed by atoms with Crippen molar-refractivity contribution in [2.45, 2.75) is 28.9 Å². The van der Waals surface area contributed by atoms with E-state index in [2.05, 4.69) is 31.1 Å². The first-order valence-electron chi connectivity index (χ1n) is 5.40. The normalized spacial score (nSPS) is 14.9. The average molecular weight is 328 g/mol. The van der Waals surface area contributed by atoms with Crippen molar-refractivity contribution in [1.82, 2.24) is 19.7 Å². The number of nitrogens with zero attached hydrogens (tertiary/aromatic N) is 3. The first kappa shape index (κ1) is 11.8. The van der Waals surface area contributed by atoms with Gasteiger partial charge in [-0.25, -0.2) is 9.89 Å². The first-order valence-corrected chi connectivity index (χ1v) is 7.01. The van der Waals surface area contributed by atoms with Gasteiger partial charge in [0.2, 0.25) is 0 Å². The summed E-state index contributed by atoms with van der Waals surface area (Å²) in [6, 6.07) is 0.278. The predicted octanol–water partition coefficient (Wildman–Crippen LogP) is 1.80. The molecule has 2 heterocycles. The highest BCUT2D eigenvalue weighted by Crippen LogP contribution is 2.40. The van der Waals surface area contributed by atoms with Gasteiger partial charge in [-0.3, -0.25) is 9.55 Å². The van der Waals surface area contributed by atoms with Gasteiger partial charge in [0.25, 0.3) is 0 Å². The van der Waals surface area contributed by atoms with Crippen molar-refractivity contribution >= 4 is 33.4 Å². The van der Waals surface area contributed by atoms with Crippen LogP contribution in [0.3, 0.4) is 0 Å². The second-order valence-corrected chi connectivity index (χ2v) is 5.89. The molecule has 1 saturated carbocycles. The molecule has 94 valence electrons. The summed E-state index contributed by atoms with van der Waals surface area (Å²) in [6.45, 7) is 0. The number of nitrogen functional groups attached to an aromatic ring is 1. The molecule has 0 atom stereocenters. The van der Waals surface area contributed by atoms with Gasteiger partial charge in [-0.2, -0.15) is 0 Å². The van der Waals surface area contributed by atoms with Crippen molar-refractivity contribution in [3.05, 3.63) is 27.4 Å². The van der Waals surface area contributed by atoms with Gasteiger partial charge in [0, 0.05) is 12.2 Å². The van der Waals surface area contributed by atoms with Crippen LogP contribution in [0.1, 0.15) is 18.9 Å². The van der Waals surface area contributed by atoms with Gasteiger partial charge in [0.1, 0.15) is 0 Å². The van der Waals surface area contributed by atoms with Crippen LogP contribution in [0.25, 0.3) is 0 Å². The minimum atomic E-state index is -0.163. The summed E-state index contributed by atoms with van der Waals surface area (Å²) in [6.07, 6.45) is 5.31. The predicted molar refractivity (Wildman–Crippen MR) is 71.6 cm³/mol. The quantitative estimate of drug-likeness (QED) is 0.897. The Labute approximate surface area is 115 Å². The smallest absolute Gasteiger partial charge is 0.344 e. The van der Waals surface area contributed by atoms with Crippen LogP contribution >= 0.6 is 27.7 Å². The van der Waals surface area contributed by atoms with E-state index in [0.717, 1.165) is 22.2 Å². The Morgan fingerprint density at radius 2 is 2.28 bits per heavy atom. The van der Waals surface area contributed by atoms with Crippen LogP contribution < -0.4 is 11.4 Å². The van der Waals surface area contributed by atoms with Crippen LogP contribution in [-0.4, -0.2) is 19.7 Å². The zero-order valence-corrected chi connectivity index (χ0v) is 11.7. The molecule has 3 rings (SSSR count). The van der Waals surface area contributed by atoms with E-state index in [1.165, 1.54) is 11.8 Å². The van der Waals surface area contributed by atoms with E-state index < -0.39 is 0 Å². The lowest BCUT2D eigenvalue weighted by atomic mass is 10.4. The fraction of sp³-hybridized carbons (Fsp3) is 0.300. The molecule has 6 nitrogen and oxygen atoms in total. The molecule has 18 heavy (non-hydrogen) atoms. The molecule has 1 aliphatic carbocycles. The fourth-order valence-corrected chi connectivity index (χ4v) is 3.17. The van der Waals surface area contributed by atoms with E-state index in [1.807, 2.05) is 0 Å². The molecule has 1 fully saturated rings. The topological polar surface area (TPSA) is 89.6 Å². The van der Waals surface area contributed by atoms with Crippen molar-refractivity contribution in [3.8, 4) is 0 Å². The Hall–Kier alpha value is -1.28. The largest absolute Gasteiger partial charge is 0.397 e. The summed E-state index contributed by atoms with van der Waals surface area (Å²) >= 11 is 4.77. The Kier molecular flexibility index (Phi) is 2.90. The number of hydrogen-bond donors (Lipinski definition) is 2. The van der Waals surface area contributed by atoms with Crippen LogP contribution in [-0.2, 0) is 0 Å². The third-order valence-corrected chi connectivity index (χ3v) is 4.65. The lowest BCUT2D eigenvalue weighted by Crippen LogP contribution is -2.16. The van der Waals surface area contributed by atoms with Gasteiger partial charge in [0.15, 0.2) is 5.16 Å². The molecule has 8 heteroatoms. The SMILES string of the molecule is Nc1cncc(Br)c1Sc1n[nH]c(=O)n1C1CC1. The number of nitrogens with two attached hydrogens (primary N) is 1. The second kappa shape index (κ2) is 4.43. The highest BCUT2D eigenvalue weighted by Gasteiger charge is 2.29. The van der Waals surface area contributed by atoms with Crippen molar-refractivity contribution in [2.75, 3.05) is 5.73 Å². The van der Waals surface area contributed by atoms with Gasteiger partial charge >= 0.3 is 5.69 Å². The van der Waals surface area contributed by atoms with Crippen molar-refractivity contribution in [1.29, 1.82) is 0 Å². The number of rotatable bonds is 3. The highest BCUT2D eigenvalue weighted by atomic mass is 79.9. The third kappa shape index (κ3) is 2.05. The molecule has 0 unspecified atom stereocenters. The van der Waals surface area contributed by atoms with Crippen molar-refractivity contribution in [2.24, 2.45) is 0 Å². The van der Waals surface area contributed by atoms with Crippen LogP contribution in [0.4, 0.5) is 5.69 Å². The molecule has 0 spiro atoms. The van der Waals surface area contributed by atoms with Crippen LogP contribution in [0.15, 0.2) is 31.7 Å². The second-order valence-electron chi connectivity index (χ2n) is 4.05. The van der Waals surface area contributed by atoms with Gasteiger partial charge in [-0.05, 0) is 40.5 Å². The van der Waals surface area contributed by atoms with E-state index in [4.69, 9.17) is 5.73 Å². The Morgan fingerprint density at radius 1 is 1.50 bits per heavy atom. The Morgan fingerprint density at radius 3 is 2.94 bits per heavy atom. The van der Waals surface area contributed by atoms with E-state index in [1.54, 1.807) is 17.0 Å². The maximum absolute atomic E-state index is 11.7. The maximum Gasteiger partial charge on any atom is 0.344 e. The first-order chi connectivity index (χ1) is 8.66. The van der Waals surface area contributed by atoms with Gasteiger partial charge < -0.3 is 5.73 Å². The maximum atomic E-state index is 11.7. The lowest BCUT2D eigenvalue weighted by molar-refractivity contribution is 0.642. The monoisotopic (exact) mass is 327 g/mol. The number of pyridine rings is 1. The molecular weight excluding hydrogens is 318 g/mol. The summed E-state index contributed by atoms with van der Waals surface area (Å²) in [5, 5.41) is 7.17. The number of nitrogens with one attached hydrogen (secondary N) is 1. The number of H-pyrrole nitrogens is 1. The standard InChI is InChI=1S/C10H10BrN5OS/c11-6-3-13-4-7(12)8(6)18-10-15-14-9(17)16(10)5-1-2-5/h3-5H,1-2,12H2,(H,14,17). The summed E-state index contributed by atoms with van der Waals surface area (Å²) in [5.74, 6) is 0. The Bertz CT molecular complexity index is 628. The van der Waals surface area contributed by atoms with Crippen molar-refractivity contribution in [3.63, 3.8) is 0 Å². The molecule has 2 aromatic rings. The molecule has 2 aromatic heterocycles. The summed E-state index contributed by atoms with van der Waals surface area (Å²) < 4.78 is 2.49. The molecule has 0 saturated heterocycles. The van der Waals surface area contributed by atoms with E-state index in [0.29, 0.717) is 10.8 Å². The number of hydrogen-bond acceptors (Lipinski definition) is 5. The number of halogens is 1. The molecule has 0 radical (unpaired) electrons. The lowest BCUT2D eigenvalue weighted by Gasteiger charge is -2.07. The third-order valence-electron chi connectivity index (χ3n) is 2.66. The molecule has 3 N–H and O–H groups in total. The van der Waals surface area contributed by atoms with Crippen molar-refractivity contribution < 1.29 is 0 Å². The molecule has 0 aliphatic heterocycles. The van der Waals surface area contributed by atoms with Gasteiger partial charge in [0.05, 0.1) is 21.3 Å². The molecule has 0 amide bonds. The molecule has 1 aliphatic rings. The van der Waals surface area contributed by atoms with Crippen LogP contribution in [0, 0.1) is 0 Å². The fourth-order valence-electron chi connectivity index (χ4n) is 1.65. The molecule has 0 bridgehead atoms. The minimum absolute atomic E-state index is 0.163. The van der Waals surface area contributed by atoms with Gasteiger partial charge in [-0.1, -0.05) is 0 Å². The van der Waals surface area contributed by atoms with E-state index >= 15 is 0 Å². The Balaban J connectivity index is 2.00. The summed E-state index contributed by atoms with van der Waals surface area (Å²) in [5.41, 5.74) is 6.28. The van der Waals surface area contributed by atoms with Crippen LogP contribution in [0.5, 0.6) is 0 Å². The average Bonchev–Trinajstić information content (AvgIpc) is 3.09. The minimum Gasteiger partial charge on any atom is -0.397 e. The van der Waals surface area contributed by atoms with Crippen LogP contribution in [0.2, 0.25) is 0 Å². The zero-order valence-electron chi connectivity index (χ0n) is 9.26. The highest BCUT2D eigenvalue weighted by molar-refractivity contribution is 9.10. The van der Waals surface area contributed by atoms with E-state index in [9.17, 15) is 4.79 Å². The number of aromatic amines is 1. The van der Waals surface area contributed by atoms with Gasteiger partial charge in [-0.15, -0.1) is 5.10 Å². The summed E-state index contributed by atoms with van der Waals surface area (Å²) in [7, 11) is 0. The number of anilines is 1. The summed E-state index contributed by atoms with van der Waals surface area (Å²) in [4.78, 5) is 16.5. The molecule has 0 aromatic carbocycles.